The molecule has 2 rings (SSSR count). The van der Waals surface area contributed by atoms with Crippen LogP contribution in [0.15, 0.2) is 11.4 Å². The molecule has 0 bridgehead atoms. The largest absolute Gasteiger partial charge is 0.354 e. The summed E-state index contributed by atoms with van der Waals surface area (Å²) >= 11 is 5.22. The number of nitrogens with one attached hydrogen (secondary N) is 1. The second-order valence-corrected chi connectivity index (χ2v) is 6.83. The zero-order valence-corrected chi connectivity index (χ0v) is 11.7. The molecular weight excluding hydrogens is 286 g/mol. The maximum Gasteiger partial charge on any atom is 0.227 e. The highest BCUT2D eigenvalue weighted by molar-refractivity contribution is 9.09. The van der Waals surface area contributed by atoms with Crippen molar-refractivity contribution in [1.29, 1.82) is 0 Å². The fourth-order valence-electron chi connectivity index (χ4n) is 2.12. The smallest absolute Gasteiger partial charge is 0.227 e. The molecule has 2 nitrogen and oxygen atoms in total. The van der Waals surface area contributed by atoms with Gasteiger partial charge < -0.3 is 5.32 Å². The lowest BCUT2D eigenvalue weighted by atomic mass is 9.87. The summed E-state index contributed by atoms with van der Waals surface area (Å²) in [4.78, 5) is 13.8. The summed E-state index contributed by atoms with van der Waals surface area (Å²) in [5.74, 6) is 0.270. The van der Waals surface area contributed by atoms with Gasteiger partial charge in [0.25, 0.3) is 0 Å². The number of alkyl halides is 1. The van der Waals surface area contributed by atoms with Gasteiger partial charge >= 0.3 is 0 Å². The van der Waals surface area contributed by atoms with Crippen LogP contribution in [0, 0.1) is 0 Å². The van der Waals surface area contributed by atoms with Crippen molar-refractivity contribution in [3.8, 4) is 0 Å². The van der Waals surface area contributed by atoms with Crippen LogP contribution in [0.4, 0.5) is 0 Å². The SMILES string of the molecule is CC(Br)CNC(=O)C1CCCc2sccc21. The minimum absolute atomic E-state index is 0.0845. The van der Waals surface area contributed by atoms with Crippen LogP contribution in [0.25, 0.3) is 0 Å². The number of thiophene rings is 1. The fourth-order valence-corrected chi connectivity index (χ4v) is 3.27. The van der Waals surface area contributed by atoms with Gasteiger partial charge in [0.15, 0.2) is 0 Å². The number of fused-ring (bicyclic) bond motifs is 1. The summed E-state index contributed by atoms with van der Waals surface area (Å²) in [6.45, 7) is 2.74. The van der Waals surface area contributed by atoms with E-state index in [9.17, 15) is 4.79 Å². The third kappa shape index (κ3) is 2.66. The summed E-state index contributed by atoms with van der Waals surface area (Å²) in [7, 11) is 0. The molecule has 2 atom stereocenters. The summed E-state index contributed by atoms with van der Waals surface area (Å²) in [5.41, 5.74) is 1.26. The van der Waals surface area contributed by atoms with E-state index in [1.165, 1.54) is 10.4 Å². The fraction of sp³-hybridized carbons (Fsp3) is 0.583. The minimum Gasteiger partial charge on any atom is -0.354 e. The molecule has 1 N–H and O–H groups in total. The Morgan fingerprint density at radius 2 is 2.56 bits per heavy atom. The molecule has 2 unspecified atom stereocenters. The molecule has 1 amide bonds. The van der Waals surface area contributed by atoms with E-state index >= 15 is 0 Å². The Kier molecular flexibility index (Phi) is 4.03. The van der Waals surface area contributed by atoms with Crippen molar-refractivity contribution >= 4 is 33.2 Å². The summed E-state index contributed by atoms with van der Waals surface area (Å²) < 4.78 is 0. The maximum atomic E-state index is 12.0. The van der Waals surface area contributed by atoms with Gasteiger partial charge in [0.05, 0.1) is 5.92 Å². The summed E-state index contributed by atoms with van der Waals surface area (Å²) in [6.07, 6.45) is 3.27. The van der Waals surface area contributed by atoms with Crippen LogP contribution in [0.3, 0.4) is 0 Å². The first-order valence-corrected chi connectivity index (χ1v) is 7.46. The molecule has 1 aliphatic carbocycles. The van der Waals surface area contributed by atoms with Gasteiger partial charge in [-0.15, -0.1) is 11.3 Å². The highest BCUT2D eigenvalue weighted by Crippen LogP contribution is 2.34. The van der Waals surface area contributed by atoms with Gasteiger partial charge in [-0.3, -0.25) is 4.79 Å². The van der Waals surface area contributed by atoms with Crippen molar-refractivity contribution in [3.05, 3.63) is 21.9 Å². The molecule has 1 aromatic rings. The van der Waals surface area contributed by atoms with Crippen molar-refractivity contribution in [2.45, 2.75) is 36.9 Å². The molecule has 0 aliphatic heterocycles. The van der Waals surface area contributed by atoms with E-state index < -0.39 is 0 Å². The summed E-state index contributed by atoms with van der Waals surface area (Å²) in [6, 6.07) is 2.11. The first kappa shape index (κ1) is 12.1. The lowest BCUT2D eigenvalue weighted by Crippen LogP contribution is -2.34. The molecule has 0 spiro atoms. The Hall–Kier alpha value is -0.350. The number of halogens is 1. The standard InChI is InChI=1S/C12H16BrNOS/c1-8(13)7-14-12(15)10-3-2-4-11-9(10)5-6-16-11/h5-6,8,10H,2-4,7H2,1H3,(H,14,15). The number of carbonyl (C=O) groups excluding carboxylic acids is 1. The van der Waals surface area contributed by atoms with Gasteiger partial charge in [-0.05, 0) is 36.3 Å². The molecule has 0 fully saturated rings. The molecule has 0 radical (unpaired) electrons. The zero-order chi connectivity index (χ0) is 11.5. The molecule has 4 heteroatoms. The molecule has 1 heterocycles. The van der Waals surface area contributed by atoms with Gasteiger partial charge in [0.1, 0.15) is 0 Å². The van der Waals surface area contributed by atoms with Gasteiger partial charge in [-0.25, -0.2) is 0 Å². The molecule has 88 valence electrons. The molecule has 0 aromatic carbocycles. The van der Waals surface area contributed by atoms with Crippen molar-refractivity contribution < 1.29 is 4.79 Å². The summed E-state index contributed by atoms with van der Waals surface area (Å²) in [5, 5.41) is 5.10. The zero-order valence-electron chi connectivity index (χ0n) is 9.33. The lowest BCUT2D eigenvalue weighted by Gasteiger charge is -2.22. The Morgan fingerprint density at radius 3 is 3.31 bits per heavy atom. The van der Waals surface area contributed by atoms with E-state index in [1.807, 2.05) is 6.92 Å². The van der Waals surface area contributed by atoms with Crippen LogP contribution in [-0.2, 0) is 11.2 Å². The maximum absolute atomic E-state index is 12.0. The van der Waals surface area contributed by atoms with E-state index in [2.05, 4.69) is 32.7 Å². The second kappa shape index (κ2) is 5.32. The van der Waals surface area contributed by atoms with Crippen molar-refractivity contribution in [1.82, 2.24) is 5.32 Å². The molecule has 1 aromatic heterocycles. The van der Waals surface area contributed by atoms with Crippen molar-refractivity contribution in [2.75, 3.05) is 6.54 Å². The number of hydrogen-bond acceptors (Lipinski definition) is 2. The van der Waals surface area contributed by atoms with Crippen LogP contribution < -0.4 is 5.32 Å². The first-order chi connectivity index (χ1) is 7.68. The lowest BCUT2D eigenvalue weighted by molar-refractivity contribution is -0.122. The van der Waals surface area contributed by atoms with Crippen LogP contribution in [-0.4, -0.2) is 17.3 Å². The predicted octanol–water partition coefficient (Wildman–Crippen LogP) is 3.07. The van der Waals surface area contributed by atoms with Gasteiger partial charge in [-0.2, -0.15) is 0 Å². The average Bonchev–Trinajstić information content (AvgIpc) is 2.73. The van der Waals surface area contributed by atoms with E-state index in [4.69, 9.17) is 0 Å². The third-order valence-corrected chi connectivity index (χ3v) is 4.25. The Balaban J connectivity index is 2.03. The van der Waals surface area contributed by atoms with E-state index in [0.717, 1.165) is 19.3 Å². The van der Waals surface area contributed by atoms with Gasteiger partial charge in [-0.1, -0.05) is 22.9 Å². The normalized spacial score (nSPS) is 21.2. The molecule has 0 saturated heterocycles. The predicted molar refractivity (Wildman–Crippen MR) is 71.4 cm³/mol. The Bertz CT molecular complexity index is 375. The van der Waals surface area contributed by atoms with Crippen molar-refractivity contribution in [3.63, 3.8) is 0 Å². The van der Waals surface area contributed by atoms with E-state index in [1.54, 1.807) is 11.3 Å². The molecular formula is C12H16BrNOS. The van der Waals surface area contributed by atoms with E-state index in [0.29, 0.717) is 11.4 Å². The second-order valence-electron chi connectivity index (χ2n) is 4.27. The van der Waals surface area contributed by atoms with Gasteiger partial charge in [0.2, 0.25) is 5.91 Å². The van der Waals surface area contributed by atoms with Crippen LogP contribution >= 0.6 is 27.3 Å². The average molecular weight is 302 g/mol. The highest BCUT2D eigenvalue weighted by atomic mass is 79.9. The number of aryl methyl sites for hydroxylation is 1. The molecule has 16 heavy (non-hydrogen) atoms. The monoisotopic (exact) mass is 301 g/mol. The van der Waals surface area contributed by atoms with Crippen LogP contribution in [0.1, 0.15) is 36.1 Å². The number of rotatable bonds is 3. The highest BCUT2D eigenvalue weighted by Gasteiger charge is 2.26. The van der Waals surface area contributed by atoms with Crippen LogP contribution in [0.5, 0.6) is 0 Å². The van der Waals surface area contributed by atoms with E-state index in [-0.39, 0.29) is 11.8 Å². The minimum atomic E-state index is 0.0845. The molecule has 1 aliphatic rings. The topological polar surface area (TPSA) is 29.1 Å². The quantitative estimate of drug-likeness (QED) is 0.854. The molecule has 0 saturated carbocycles. The van der Waals surface area contributed by atoms with Crippen LogP contribution in [0.2, 0.25) is 0 Å². The third-order valence-electron chi connectivity index (χ3n) is 2.93. The van der Waals surface area contributed by atoms with Crippen molar-refractivity contribution in [2.24, 2.45) is 0 Å². The Morgan fingerprint density at radius 1 is 1.75 bits per heavy atom. The number of amides is 1. The van der Waals surface area contributed by atoms with Gasteiger partial charge in [0, 0.05) is 16.2 Å². The number of hydrogen-bond donors (Lipinski definition) is 1. The number of carbonyl (C=O) groups is 1. The Labute approximate surface area is 109 Å². The first-order valence-electron chi connectivity index (χ1n) is 5.66.